The minimum absolute atomic E-state index is 0.175. The first-order valence-corrected chi connectivity index (χ1v) is 16.1. The van der Waals surface area contributed by atoms with Crippen molar-refractivity contribution in [2.24, 2.45) is 0 Å². The molecule has 47 heavy (non-hydrogen) atoms. The number of aromatic nitrogens is 1. The van der Waals surface area contributed by atoms with Crippen LogP contribution in [0.3, 0.4) is 0 Å². The molecule has 0 bridgehead atoms. The zero-order valence-corrected chi connectivity index (χ0v) is 28.1. The number of hydrogen-bond donors (Lipinski definition) is 2. The maximum absolute atomic E-state index is 14.5. The standard InChI is InChI=1S/C39H47N5O3/c1-39(2,40-3)22-11-16-36(45)43(4)35(28-31-17-18-32-14-9-10-15-33(32)26-31)38(47)44(5)34(27-30-12-7-6-8-13-30)37(46)42-25-21-29-19-23-41-24-20-29/h6-20,23-24,26,34-35,40H,21-22,25,27-28H2,1-5H3,(H,42,46)/b16-11+. The molecule has 2 atom stereocenters. The van der Waals surface area contributed by atoms with E-state index in [4.69, 9.17) is 0 Å². The SMILES string of the molecule is CNC(C)(C)C/C=C/C(=O)N(C)C(Cc1ccc2ccccc2c1)C(=O)N(C)C(Cc1ccccc1)C(=O)NCCc1ccncc1. The molecule has 4 rings (SSSR count). The van der Waals surface area contributed by atoms with Gasteiger partial charge in [-0.1, -0.05) is 78.9 Å². The number of hydrogen-bond acceptors (Lipinski definition) is 5. The van der Waals surface area contributed by atoms with Crippen molar-refractivity contribution in [3.8, 4) is 0 Å². The van der Waals surface area contributed by atoms with Crippen molar-refractivity contribution in [1.29, 1.82) is 0 Å². The summed E-state index contributed by atoms with van der Waals surface area (Å²) in [5, 5.41) is 8.44. The number of likely N-dealkylation sites (N-methyl/N-ethyl adjacent to an activating group) is 2. The van der Waals surface area contributed by atoms with Gasteiger partial charge in [0.15, 0.2) is 0 Å². The second-order valence-electron chi connectivity index (χ2n) is 12.6. The summed E-state index contributed by atoms with van der Waals surface area (Å²) in [6, 6.07) is 26.1. The minimum Gasteiger partial charge on any atom is -0.354 e. The lowest BCUT2D eigenvalue weighted by molar-refractivity contribution is -0.146. The van der Waals surface area contributed by atoms with Crippen LogP contribution >= 0.6 is 0 Å². The van der Waals surface area contributed by atoms with Crippen molar-refractivity contribution in [3.05, 3.63) is 126 Å². The third-order valence-electron chi connectivity index (χ3n) is 8.76. The fourth-order valence-electron chi connectivity index (χ4n) is 5.44. The number of nitrogens with one attached hydrogen (secondary N) is 2. The minimum atomic E-state index is -0.835. The number of pyridine rings is 1. The average molecular weight is 634 g/mol. The zero-order chi connectivity index (χ0) is 33.8. The maximum Gasteiger partial charge on any atom is 0.246 e. The molecule has 2 unspecified atom stereocenters. The van der Waals surface area contributed by atoms with Crippen LogP contribution in [0, 0.1) is 0 Å². The molecule has 0 aliphatic heterocycles. The van der Waals surface area contributed by atoms with Gasteiger partial charge < -0.3 is 20.4 Å². The number of carbonyl (C=O) groups excluding carboxylic acids is 3. The molecule has 0 aliphatic rings. The van der Waals surface area contributed by atoms with E-state index in [9.17, 15) is 14.4 Å². The Kier molecular flexibility index (Phi) is 12.4. The van der Waals surface area contributed by atoms with Gasteiger partial charge in [-0.15, -0.1) is 0 Å². The summed E-state index contributed by atoms with van der Waals surface area (Å²) in [6.45, 7) is 4.53. The number of nitrogens with zero attached hydrogens (tertiary/aromatic N) is 3. The van der Waals surface area contributed by atoms with E-state index in [2.05, 4.69) is 35.5 Å². The van der Waals surface area contributed by atoms with Gasteiger partial charge in [-0.2, -0.15) is 0 Å². The predicted molar refractivity (Wildman–Crippen MR) is 189 cm³/mol. The molecule has 0 fully saturated rings. The van der Waals surface area contributed by atoms with Gasteiger partial charge in [-0.25, -0.2) is 0 Å². The zero-order valence-electron chi connectivity index (χ0n) is 28.1. The third kappa shape index (κ3) is 10.1. The lowest BCUT2D eigenvalue weighted by Gasteiger charge is -2.34. The van der Waals surface area contributed by atoms with Crippen LogP contribution in [-0.2, 0) is 33.6 Å². The molecule has 0 saturated carbocycles. The Morgan fingerprint density at radius 1 is 0.787 bits per heavy atom. The topological polar surface area (TPSA) is 94.6 Å². The van der Waals surface area contributed by atoms with Gasteiger partial charge in [0.1, 0.15) is 12.1 Å². The maximum atomic E-state index is 14.5. The first-order valence-electron chi connectivity index (χ1n) is 16.1. The van der Waals surface area contributed by atoms with Crippen LogP contribution in [0.4, 0.5) is 0 Å². The van der Waals surface area contributed by atoms with Crippen molar-refractivity contribution in [1.82, 2.24) is 25.4 Å². The number of amides is 3. The Bertz CT molecular complexity index is 1660. The molecule has 3 aromatic carbocycles. The van der Waals surface area contributed by atoms with Crippen LogP contribution in [-0.4, -0.2) is 77.8 Å². The summed E-state index contributed by atoms with van der Waals surface area (Å²) < 4.78 is 0. The summed E-state index contributed by atoms with van der Waals surface area (Å²) in [5.41, 5.74) is 2.75. The molecule has 246 valence electrons. The summed E-state index contributed by atoms with van der Waals surface area (Å²) in [7, 11) is 5.21. The number of benzene rings is 3. The number of carbonyl (C=O) groups is 3. The molecule has 1 aromatic heterocycles. The molecule has 0 aliphatic carbocycles. The normalized spacial score (nSPS) is 12.9. The first-order chi connectivity index (χ1) is 22.6. The van der Waals surface area contributed by atoms with Crippen LogP contribution in [0.1, 0.15) is 37.0 Å². The highest BCUT2D eigenvalue weighted by atomic mass is 16.2. The van der Waals surface area contributed by atoms with Crippen LogP contribution in [0.2, 0.25) is 0 Å². The van der Waals surface area contributed by atoms with Crippen molar-refractivity contribution in [3.63, 3.8) is 0 Å². The van der Waals surface area contributed by atoms with Gasteiger partial charge in [-0.05, 0) is 79.4 Å². The molecule has 8 nitrogen and oxygen atoms in total. The second kappa shape index (κ2) is 16.7. The first kappa shape index (κ1) is 35.0. The smallest absolute Gasteiger partial charge is 0.246 e. The van der Waals surface area contributed by atoms with Crippen molar-refractivity contribution in [2.75, 3.05) is 27.7 Å². The summed E-state index contributed by atoms with van der Waals surface area (Å²) in [5.74, 6) is -0.819. The summed E-state index contributed by atoms with van der Waals surface area (Å²) >= 11 is 0. The molecular formula is C39H47N5O3. The van der Waals surface area contributed by atoms with E-state index in [1.54, 1.807) is 26.5 Å². The van der Waals surface area contributed by atoms with Gasteiger partial charge in [0.05, 0.1) is 0 Å². The van der Waals surface area contributed by atoms with Crippen molar-refractivity contribution in [2.45, 2.75) is 57.2 Å². The van der Waals surface area contributed by atoms with Crippen molar-refractivity contribution < 1.29 is 14.4 Å². The highest BCUT2D eigenvalue weighted by molar-refractivity contribution is 5.95. The highest BCUT2D eigenvalue weighted by Gasteiger charge is 2.34. The number of fused-ring (bicyclic) bond motifs is 1. The molecule has 0 spiro atoms. The number of rotatable bonds is 15. The van der Waals surface area contributed by atoms with Crippen LogP contribution in [0.5, 0.6) is 0 Å². The van der Waals surface area contributed by atoms with E-state index in [0.29, 0.717) is 32.2 Å². The van der Waals surface area contributed by atoms with Crippen LogP contribution < -0.4 is 10.6 Å². The van der Waals surface area contributed by atoms with Gasteiger partial charge in [0.2, 0.25) is 17.7 Å². The fourth-order valence-corrected chi connectivity index (χ4v) is 5.44. The second-order valence-corrected chi connectivity index (χ2v) is 12.6. The van der Waals surface area contributed by atoms with Crippen LogP contribution in [0.25, 0.3) is 10.8 Å². The lowest BCUT2D eigenvalue weighted by Crippen LogP contribution is -2.56. The quantitative estimate of drug-likeness (QED) is 0.180. The molecule has 0 radical (unpaired) electrons. The van der Waals surface area contributed by atoms with Gasteiger partial charge in [-0.3, -0.25) is 19.4 Å². The Morgan fingerprint density at radius 3 is 2.15 bits per heavy atom. The Morgan fingerprint density at radius 2 is 1.45 bits per heavy atom. The van der Waals surface area contributed by atoms with E-state index in [1.165, 1.54) is 15.9 Å². The van der Waals surface area contributed by atoms with Gasteiger partial charge in [0, 0.05) is 51.4 Å². The largest absolute Gasteiger partial charge is 0.354 e. The molecule has 8 heteroatoms. The summed E-state index contributed by atoms with van der Waals surface area (Å²) in [4.78, 5) is 48.8. The van der Waals surface area contributed by atoms with E-state index in [0.717, 1.165) is 27.5 Å². The Labute approximate surface area is 278 Å². The van der Waals surface area contributed by atoms with Gasteiger partial charge in [0.25, 0.3) is 0 Å². The van der Waals surface area contributed by atoms with E-state index >= 15 is 0 Å². The van der Waals surface area contributed by atoms with E-state index in [1.807, 2.05) is 92.0 Å². The average Bonchev–Trinajstić information content (AvgIpc) is 3.09. The molecule has 2 N–H and O–H groups in total. The molecule has 4 aromatic rings. The van der Waals surface area contributed by atoms with Crippen molar-refractivity contribution >= 4 is 28.5 Å². The molecule has 3 amide bonds. The predicted octanol–water partition coefficient (Wildman–Crippen LogP) is 4.98. The summed E-state index contributed by atoms with van der Waals surface area (Å²) in [6.07, 6.45) is 8.75. The van der Waals surface area contributed by atoms with Gasteiger partial charge >= 0.3 is 0 Å². The molecular weight excluding hydrogens is 586 g/mol. The van der Waals surface area contributed by atoms with E-state index in [-0.39, 0.29) is 23.3 Å². The molecule has 0 saturated heterocycles. The highest BCUT2D eigenvalue weighted by Crippen LogP contribution is 2.20. The Hall–Kier alpha value is -4.82. The fraction of sp³-hybridized carbons (Fsp3) is 0.333. The third-order valence-corrected chi connectivity index (χ3v) is 8.76. The molecule has 1 heterocycles. The lowest BCUT2D eigenvalue weighted by atomic mass is 9.98. The van der Waals surface area contributed by atoms with Crippen LogP contribution in [0.15, 0.2) is 109 Å². The van der Waals surface area contributed by atoms with E-state index < -0.39 is 12.1 Å². The Balaban J connectivity index is 1.61. The monoisotopic (exact) mass is 633 g/mol.